The number of thiazole rings is 1. The van der Waals surface area contributed by atoms with Gasteiger partial charge in [0.2, 0.25) is 0 Å². The van der Waals surface area contributed by atoms with Crippen molar-refractivity contribution in [1.29, 1.82) is 0 Å². The molecule has 3 rings (SSSR count). The molecule has 0 aliphatic carbocycles. The molecule has 2 aromatic rings. The molecule has 8 heteroatoms. The van der Waals surface area contributed by atoms with E-state index in [1.165, 1.54) is 29.1 Å². The Labute approximate surface area is 195 Å². The van der Waals surface area contributed by atoms with Crippen LogP contribution in [0.1, 0.15) is 27.9 Å². The number of likely N-dealkylation sites (N-methyl/N-ethyl adjacent to an activating group) is 1. The lowest BCUT2D eigenvalue weighted by molar-refractivity contribution is 0.131. The third-order valence-corrected chi connectivity index (χ3v) is 6.08. The molecule has 160 valence electrons. The number of hydrogen-bond donors (Lipinski definition) is 2. The van der Waals surface area contributed by atoms with Crippen molar-refractivity contribution in [2.24, 2.45) is 4.99 Å². The van der Waals surface area contributed by atoms with Gasteiger partial charge in [-0.25, -0.2) is 4.98 Å². The first kappa shape index (κ1) is 24.0. The van der Waals surface area contributed by atoms with Crippen LogP contribution in [0, 0.1) is 6.92 Å². The van der Waals surface area contributed by atoms with Crippen LogP contribution in [0.5, 0.6) is 0 Å². The Morgan fingerprint density at radius 1 is 1.07 bits per heavy atom. The summed E-state index contributed by atoms with van der Waals surface area (Å²) in [6, 6.07) is 8.71. The van der Waals surface area contributed by atoms with Gasteiger partial charge < -0.3 is 15.5 Å². The second-order valence-electron chi connectivity index (χ2n) is 7.12. The first-order valence-corrected chi connectivity index (χ1v) is 10.9. The molecule has 0 spiro atoms. The minimum atomic E-state index is 0. The fourth-order valence-electron chi connectivity index (χ4n) is 3.43. The van der Waals surface area contributed by atoms with Crippen molar-refractivity contribution < 1.29 is 0 Å². The molecule has 2 heterocycles. The number of hydrogen-bond acceptors (Lipinski definition) is 5. The maximum absolute atomic E-state index is 4.40. The second-order valence-corrected chi connectivity index (χ2v) is 8.44. The number of guanidine groups is 1. The summed E-state index contributed by atoms with van der Waals surface area (Å²) in [4.78, 5) is 15.0. The molecule has 0 amide bonds. The average molecular weight is 529 g/mol. The Kier molecular flexibility index (Phi) is 10.3. The monoisotopic (exact) mass is 528 g/mol. The van der Waals surface area contributed by atoms with Crippen molar-refractivity contribution in [3.05, 3.63) is 51.5 Å². The van der Waals surface area contributed by atoms with Crippen LogP contribution in [-0.2, 0) is 19.6 Å². The number of nitrogens with zero attached hydrogens (tertiary/aromatic N) is 4. The minimum absolute atomic E-state index is 0. The minimum Gasteiger partial charge on any atom is -0.352 e. The van der Waals surface area contributed by atoms with Crippen molar-refractivity contribution in [3.63, 3.8) is 0 Å². The van der Waals surface area contributed by atoms with E-state index in [0.29, 0.717) is 6.54 Å². The molecule has 6 nitrogen and oxygen atoms in total. The maximum atomic E-state index is 4.40. The third-order valence-electron chi connectivity index (χ3n) is 5.17. The van der Waals surface area contributed by atoms with Crippen LogP contribution in [0.3, 0.4) is 0 Å². The molecule has 29 heavy (non-hydrogen) atoms. The van der Waals surface area contributed by atoms with E-state index >= 15 is 0 Å². The highest BCUT2D eigenvalue weighted by Gasteiger charge is 2.16. The fraction of sp³-hybridized carbons (Fsp3) is 0.524. The lowest BCUT2D eigenvalue weighted by atomic mass is 10.1. The van der Waals surface area contributed by atoms with Crippen LogP contribution in [0.2, 0.25) is 0 Å². The van der Waals surface area contributed by atoms with Gasteiger partial charge in [-0.05, 0) is 24.6 Å². The number of aliphatic imine (C=N–C) groups is 1. The van der Waals surface area contributed by atoms with E-state index in [9.17, 15) is 0 Å². The van der Waals surface area contributed by atoms with E-state index in [0.717, 1.165) is 43.7 Å². The maximum Gasteiger partial charge on any atom is 0.191 e. The summed E-state index contributed by atoms with van der Waals surface area (Å²) in [7, 11) is 1.81. The Hall–Kier alpha value is -1.23. The van der Waals surface area contributed by atoms with E-state index in [1.54, 1.807) is 11.3 Å². The number of piperazine rings is 1. The summed E-state index contributed by atoms with van der Waals surface area (Å²) in [5.74, 6) is 0.805. The Morgan fingerprint density at radius 3 is 2.34 bits per heavy atom. The predicted molar refractivity (Wildman–Crippen MR) is 133 cm³/mol. The number of benzene rings is 1. The lowest BCUT2D eigenvalue weighted by Gasteiger charge is -2.34. The summed E-state index contributed by atoms with van der Waals surface area (Å²) >= 11 is 1.71. The van der Waals surface area contributed by atoms with Crippen molar-refractivity contribution in [2.75, 3.05) is 39.8 Å². The summed E-state index contributed by atoms with van der Waals surface area (Å²) in [6.07, 6.45) is 1.91. The van der Waals surface area contributed by atoms with E-state index in [1.807, 2.05) is 13.2 Å². The molecule has 0 radical (unpaired) electrons. The molecular formula is C21H33IN6S. The van der Waals surface area contributed by atoms with Crippen molar-refractivity contribution in [2.45, 2.75) is 33.5 Å². The topological polar surface area (TPSA) is 55.8 Å². The normalized spacial score (nSPS) is 15.8. The summed E-state index contributed by atoms with van der Waals surface area (Å²) in [5, 5.41) is 7.87. The van der Waals surface area contributed by atoms with Crippen LogP contribution >= 0.6 is 35.3 Å². The quantitative estimate of drug-likeness (QED) is 0.329. The predicted octanol–water partition coefficient (Wildman–Crippen LogP) is 3.07. The molecule has 2 N–H and O–H groups in total. The average Bonchev–Trinajstić information content (AvgIpc) is 3.15. The molecule has 0 atom stereocenters. The summed E-state index contributed by atoms with van der Waals surface area (Å²) in [5.41, 5.74) is 2.72. The van der Waals surface area contributed by atoms with Gasteiger partial charge in [-0.2, -0.15) is 0 Å². The zero-order valence-electron chi connectivity index (χ0n) is 17.6. The van der Waals surface area contributed by atoms with Gasteiger partial charge in [-0.1, -0.05) is 31.2 Å². The van der Waals surface area contributed by atoms with E-state index < -0.39 is 0 Å². The fourth-order valence-corrected chi connectivity index (χ4v) is 4.16. The van der Waals surface area contributed by atoms with Crippen molar-refractivity contribution in [3.8, 4) is 0 Å². The molecule has 1 aromatic carbocycles. The summed E-state index contributed by atoms with van der Waals surface area (Å²) in [6.45, 7) is 12.6. The Balaban J connectivity index is 0.00000300. The molecule has 1 aliphatic heterocycles. The first-order valence-electron chi connectivity index (χ1n) is 10.0. The van der Waals surface area contributed by atoms with Gasteiger partial charge in [-0.3, -0.25) is 9.89 Å². The molecule has 0 saturated carbocycles. The highest BCUT2D eigenvalue weighted by Crippen LogP contribution is 2.14. The summed E-state index contributed by atoms with van der Waals surface area (Å²) < 4.78 is 0. The lowest BCUT2D eigenvalue weighted by Crippen LogP contribution is -2.45. The Morgan fingerprint density at radius 2 is 1.72 bits per heavy atom. The highest BCUT2D eigenvalue weighted by molar-refractivity contribution is 14.0. The highest BCUT2D eigenvalue weighted by atomic mass is 127. The van der Waals surface area contributed by atoms with Crippen LogP contribution < -0.4 is 10.6 Å². The number of halogens is 1. The Bertz CT molecular complexity index is 770. The van der Waals surface area contributed by atoms with Crippen molar-refractivity contribution >= 4 is 41.3 Å². The van der Waals surface area contributed by atoms with Crippen LogP contribution in [0.15, 0.2) is 35.5 Å². The third kappa shape index (κ3) is 7.51. The molecule has 1 aliphatic rings. The van der Waals surface area contributed by atoms with Gasteiger partial charge >= 0.3 is 0 Å². The smallest absolute Gasteiger partial charge is 0.191 e. The number of nitrogens with one attached hydrogen (secondary N) is 2. The standard InChI is InChI=1S/C21H32N6S.HI/c1-4-26-9-11-27(12-10-26)16-19-8-6-5-7-18(19)14-24-21(22-3)25-15-20-23-13-17(2)28-20;/h5-8,13H,4,9-12,14-16H2,1-3H3,(H2,22,24,25);1H. The van der Waals surface area contributed by atoms with E-state index in [-0.39, 0.29) is 24.0 Å². The van der Waals surface area contributed by atoms with Gasteiger partial charge in [0.15, 0.2) is 5.96 Å². The van der Waals surface area contributed by atoms with Crippen LogP contribution in [0.25, 0.3) is 0 Å². The van der Waals surface area contributed by atoms with Crippen LogP contribution in [-0.4, -0.2) is 60.5 Å². The molecule has 1 fully saturated rings. The molecule has 0 unspecified atom stereocenters. The van der Waals surface area contributed by atoms with Gasteiger partial charge in [-0.15, -0.1) is 35.3 Å². The van der Waals surface area contributed by atoms with E-state index in [2.05, 4.69) is 68.5 Å². The largest absolute Gasteiger partial charge is 0.352 e. The van der Waals surface area contributed by atoms with Gasteiger partial charge in [0.25, 0.3) is 0 Å². The first-order chi connectivity index (χ1) is 13.7. The molecule has 0 bridgehead atoms. The zero-order valence-corrected chi connectivity index (χ0v) is 20.8. The van der Waals surface area contributed by atoms with Gasteiger partial charge in [0.1, 0.15) is 5.01 Å². The molecule has 1 saturated heterocycles. The zero-order chi connectivity index (χ0) is 19.8. The van der Waals surface area contributed by atoms with Gasteiger partial charge in [0, 0.05) is 57.4 Å². The van der Waals surface area contributed by atoms with Crippen molar-refractivity contribution in [1.82, 2.24) is 25.4 Å². The molecular weight excluding hydrogens is 495 g/mol. The molecule has 1 aromatic heterocycles. The second kappa shape index (κ2) is 12.5. The van der Waals surface area contributed by atoms with Gasteiger partial charge in [0.05, 0.1) is 6.54 Å². The number of aryl methyl sites for hydroxylation is 1. The van der Waals surface area contributed by atoms with Crippen LogP contribution in [0.4, 0.5) is 0 Å². The number of rotatable bonds is 7. The number of aromatic nitrogens is 1. The SMILES string of the molecule is CCN1CCN(Cc2ccccc2CNC(=NC)NCc2ncc(C)s2)CC1.I. The van der Waals surface area contributed by atoms with E-state index in [4.69, 9.17) is 0 Å².